The van der Waals surface area contributed by atoms with Gasteiger partial charge >= 0.3 is 12.3 Å². The molecule has 0 aromatic heterocycles. The maximum atomic E-state index is 10.9. The third kappa shape index (κ3) is 2.79. The summed E-state index contributed by atoms with van der Waals surface area (Å²) in [5, 5.41) is 0. The molecule has 2 atom stereocenters. The number of hydrogen-bond donors (Lipinski definition) is 0. The van der Waals surface area contributed by atoms with Crippen LogP contribution >= 0.6 is 0 Å². The Hall–Kier alpha value is -1.46. The van der Waals surface area contributed by atoms with Gasteiger partial charge in [-0.25, -0.2) is 9.59 Å². The van der Waals surface area contributed by atoms with Gasteiger partial charge in [0.2, 0.25) is 0 Å². The molecule has 1 saturated heterocycles. The van der Waals surface area contributed by atoms with E-state index in [0.717, 1.165) is 0 Å². The molecule has 0 aromatic rings. The zero-order valence-corrected chi connectivity index (χ0v) is 8.02. The first-order valence-electron chi connectivity index (χ1n) is 4.30. The summed E-state index contributed by atoms with van der Waals surface area (Å²) in [4.78, 5) is 21.5. The number of rotatable bonds is 2. The van der Waals surface area contributed by atoms with Crippen LogP contribution < -0.4 is 0 Å². The number of hydrogen-bond acceptors (Lipinski definition) is 6. The third-order valence-electron chi connectivity index (χ3n) is 1.68. The molecule has 6 nitrogen and oxygen atoms in total. The molecule has 1 fully saturated rings. The Bertz CT molecular complexity index is 226. The van der Waals surface area contributed by atoms with Crippen molar-refractivity contribution in [1.82, 2.24) is 0 Å². The van der Waals surface area contributed by atoms with E-state index in [1.54, 1.807) is 13.8 Å². The number of ether oxygens (including phenoxy) is 4. The van der Waals surface area contributed by atoms with Crippen molar-refractivity contribution in [3.05, 3.63) is 0 Å². The van der Waals surface area contributed by atoms with Crippen LogP contribution in [0.3, 0.4) is 0 Å². The van der Waals surface area contributed by atoms with Crippen LogP contribution in [-0.4, -0.2) is 37.7 Å². The average molecular weight is 204 g/mol. The molecule has 0 bridgehead atoms. The SMILES string of the molecule is CCOC(=O)OC1COC(=O)OC1C. The van der Waals surface area contributed by atoms with Crippen molar-refractivity contribution in [3.63, 3.8) is 0 Å². The summed E-state index contributed by atoms with van der Waals surface area (Å²) in [6, 6.07) is 0. The lowest BCUT2D eigenvalue weighted by molar-refractivity contribution is -0.106. The van der Waals surface area contributed by atoms with Crippen LogP contribution in [0.2, 0.25) is 0 Å². The number of carbonyl (C=O) groups is 2. The minimum absolute atomic E-state index is 0.00118. The van der Waals surface area contributed by atoms with Crippen molar-refractivity contribution in [1.29, 1.82) is 0 Å². The van der Waals surface area contributed by atoms with Crippen molar-refractivity contribution in [2.45, 2.75) is 26.1 Å². The minimum atomic E-state index is -0.786. The summed E-state index contributed by atoms with van der Waals surface area (Å²) >= 11 is 0. The molecule has 0 saturated carbocycles. The fourth-order valence-electron chi connectivity index (χ4n) is 0.953. The number of cyclic esters (lactones) is 2. The zero-order valence-electron chi connectivity index (χ0n) is 8.02. The molecular weight excluding hydrogens is 192 g/mol. The second-order valence-electron chi connectivity index (χ2n) is 2.72. The molecule has 0 aromatic carbocycles. The van der Waals surface area contributed by atoms with Gasteiger partial charge in [0.1, 0.15) is 12.7 Å². The van der Waals surface area contributed by atoms with Gasteiger partial charge in [0.25, 0.3) is 0 Å². The van der Waals surface area contributed by atoms with Crippen LogP contribution in [0, 0.1) is 0 Å². The van der Waals surface area contributed by atoms with Crippen LogP contribution in [0.4, 0.5) is 9.59 Å². The molecule has 1 aliphatic heterocycles. The highest BCUT2D eigenvalue weighted by Crippen LogP contribution is 2.12. The third-order valence-corrected chi connectivity index (χ3v) is 1.68. The van der Waals surface area contributed by atoms with E-state index in [1.165, 1.54) is 0 Å². The summed E-state index contributed by atoms with van der Waals surface area (Å²) in [5.41, 5.74) is 0. The van der Waals surface area contributed by atoms with Crippen molar-refractivity contribution in [2.75, 3.05) is 13.2 Å². The van der Waals surface area contributed by atoms with E-state index in [9.17, 15) is 9.59 Å². The lowest BCUT2D eigenvalue weighted by Crippen LogP contribution is -2.42. The van der Waals surface area contributed by atoms with Gasteiger partial charge in [-0.2, -0.15) is 0 Å². The fourth-order valence-corrected chi connectivity index (χ4v) is 0.953. The molecule has 14 heavy (non-hydrogen) atoms. The predicted octanol–water partition coefficient (Wildman–Crippen LogP) is 1.08. The summed E-state index contributed by atoms with van der Waals surface area (Å²) in [6.07, 6.45) is -2.65. The second kappa shape index (κ2) is 4.69. The first-order valence-corrected chi connectivity index (χ1v) is 4.30. The molecule has 0 radical (unpaired) electrons. The van der Waals surface area contributed by atoms with Gasteiger partial charge in [-0.3, -0.25) is 0 Å². The van der Waals surface area contributed by atoms with E-state index in [-0.39, 0.29) is 13.2 Å². The summed E-state index contributed by atoms with van der Waals surface area (Å²) < 4.78 is 18.6. The first-order chi connectivity index (χ1) is 6.63. The summed E-state index contributed by atoms with van der Waals surface area (Å²) in [6.45, 7) is 3.52. The minimum Gasteiger partial charge on any atom is -0.435 e. The quantitative estimate of drug-likeness (QED) is 0.627. The molecule has 2 unspecified atom stereocenters. The van der Waals surface area contributed by atoms with Crippen LogP contribution in [0.5, 0.6) is 0 Å². The first kappa shape index (κ1) is 10.6. The van der Waals surface area contributed by atoms with E-state index in [2.05, 4.69) is 14.2 Å². The van der Waals surface area contributed by atoms with Gasteiger partial charge < -0.3 is 18.9 Å². The van der Waals surface area contributed by atoms with Gasteiger partial charge in [-0.15, -0.1) is 0 Å². The van der Waals surface area contributed by atoms with E-state index < -0.39 is 24.5 Å². The van der Waals surface area contributed by atoms with E-state index in [4.69, 9.17) is 4.74 Å². The van der Waals surface area contributed by atoms with Crippen LogP contribution in [0.15, 0.2) is 0 Å². The van der Waals surface area contributed by atoms with Crippen molar-refractivity contribution < 1.29 is 28.5 Å². The molecule has 80 valence electrons. The molecular formula is C8H12O6. The highest BCUT2D eigenvalue weighted by Gasteiger charge is 2.32. The van der Waals surface area contributed by atoms with Crippen molar-refractivity contribution in [2.24, 2.45) is 0 Å². The molecule has 6 heteroatoms. The van der Waals surface area contributed by atoms with Gasteiger partial charge in [-0.1, -0.05) is 0 Å². The monoisotopic (exact) mass is 204 g/mol. The fraction of sp³-hybridized carbons (Fsp3) is 0.750. The molecule has 0 spiro atoms. The molecule has 1 aliphatic rings. The Balaban J connectivity index is 2.37. The maximum absolute atomic E-state index is 10.9. The highest BCUT2D eigenvalue weighted by atomic mass is 16.8. The van der Waals surface area contributed by atoms with Crippen molar-refractivity contribution >= 4 is 12.3 Å². The maximum Gasteiger partial charge on any atom is 0.508 e. The Labute approximate surface area is 81.1 Å². The van der Waals surface area contributed by atoms with Crippen molar-refractivity contribution in [3.8, 4) is 0 Å². The Morgan fingerprint density at radius 2 is 2.36 bits per heavy atom. The van der Waals surface area contributed by atoms with E-state index in [0.29, 0.717) is 0 Å². The van der Waals surface area contributed by atoms with Gasteiger partial charge in [0.05, 0.1) is 6.61 Å². The molecule has 0 aliphatic carbocycles. The standard InChI is InChI=1S/C8H12O6/c1-3-11-7(9)14-6-4-12-8(10)13-5(6)2/h5-6H,3-4H2,1-2H3. The van der Waals surface area contributed by atoms with Crippen LogP contribution in [-0.2, 0) is 18.9 Å². The summed E-state index contributed by atoms with van der Waals surface area (Å²) in [5.74, 6) is 0. The highest BCUT2D eigenvalue weighted by molar-refractivity contribution is 5.62. The second-order valence-corrected chi connectivity index (χ2v) is 2.72. The Morgan fingerprint density at radius 1 is 1.64 bits per heavy atom. The predicted molar refractivity (Wildman–Crippen MR) is 43.8 cm³/mol. The van der Waals surface area contributed by atoms with E-state index in [1.807, 2.05) is 0 Å². The topological polar surface area (TPSA) is 71.1 Å². The zero-order chi connectivity index (χ0) is 10.6. The number of carbonyl (C=O) groups excluding carboxylic acids is 2. The van der Waals surface area contributed by atoms with Crippen LogP contribution in [0.25, 0.3) is 0 Å². The van der Waals surface area contributed by atoms with Gasteiger partial charge in [-0.05, 0) is 13.8 Å². The lowest BCUT2D eigenvalue weighted by Gasteiger charge is -2.27. The Morgan fingerprint density at radius 3 is 2.93 bits per heavy atom. The van der Waals surface area contributed by atoms with E-state index >= 15 is 0 Å². The molecule has 0 N–H and O–H groups in total. The van der Waals surface area contributed by atoms with Gasteiger partial charge in [0.15, 0.2) is 6.10 Å². The van der Waals surface area contributed by atoms with Crippen LogP contribution in [0.1, 0.15) is 13.8 Å². The van der Waals surface area contributed by atoms with Gasteiger partial charge in [0, 0.05) is 0 Å². The molecule has 1 rings (SSSR count). The normalized spacial score (nSPS) is 26.0. The summed E-state index contributed by atoms with van der Waals surface area (Å²) in [7, 11) is 0. The Kier molecular flexibility index (Phi) is 3.55. The lowest BCUT2D eigenvalue weighted by atomic mass is 10.2. The average Bonchev–Trinajstić information content (AvgIpc) is 2.10. The smallest absolute Gasteiger partial charge is 0.435 e. The largest absolute Gasteiger partial charge is 0.508 e. The molecule has 0 amide bonds. The molecule has 1 heterocycles.